The standard InChI is InChI=1S/C32H33F3N6O3S/c1-20(2)26-18-25(43-5)14-15-27(26)40-16-17-45-30(40)37-29(42)38-31(3,4)22-8-6-21(7-9-22)28-36-19-41(39-28)23-10-12-24(13-11-23)44-32(33,34)35/h6-15,18-20H,16-17H2,1-5H3,(H,38,42). The van der Waals surface area contributed by atoms with Crippen LogP contribution < -0.4 is 19.7 Å². The van der Waals surface area contributed by atoms with Crippen molar-refractivity contribution in [3.05, 3.63) is 84.2 Å². The minimum atomic E-state index is -4.76. The molecule has 45 heavy (non-hydrogen) atoms. The maximum Gasteiger partial charge on any atom is 0.573 e. The van der Waals surface area contributed by atoms with Gasteiger partial charge in [-0.3, -0.25) is 0 Å². The highest BCUT2D eigenvalue weighted by atomic mass is 32.2. The number of alkyl halides is 3. The molecule has 0 unspecified atom stereocenters. The van der Waals surface area contributed by atoms with Crippen LogP contribution in [0.5, 0.6) is 11.5 Å². The molecule has 1 aromatic heterocycles. The number of ether oxygens (including phenoxy) is 2. The number of aliphatic imine (C=N–C) groups is 1. The number of thioether (sulfide) groups is 1. The summed E-state index contributed by atoms with van der Waals surface area (Å²) in [6.07, 6.45) is -3.28. The van der Waals surface area contributed by atoms with Crippen LogP contribution in [-0.4, -0.2) is 51.7 Å². The van der Waals surface area contributed by atoms with E-state index in [-0.39, 0.29) is 11.7 Å². The molecule has 4 aromatic rings. The molecular weight excluding hydrogens is 605 g/mol. The lowest BCUT2D eigenvalue weighted by molar-refractivity contribution is -0.274. The van der Waals surface area contributed by atoms with Gasteiger partial charge in [0.1, 0.15) is 17.8 Å². The summed E-state index contributed by atoms with van der Waals surface area (Å²) in [5.41, 5.74) is 3.52. The van der Waals surface area contributed by atoms with Crippen LogP contribution in [0.2, 0.25) is 0 Å². The Morgan fingerprint density at radius 1 is 1.02 bits per heavy atom. The molecule has 13 heteroatoms. The van der Waals surface area contributed by atoms with Gasteiger partial charge in [-0.2, -0.15) is 4.99 Å². The van der Waals surface area contributed by atoms with Crippen molar-refractivity contribution in [3.63, 3.8) is 0 Å². The highest BCUT2D eigenvalue weighted by Gasteiger charge is 2.31. The van der Waals surface area contributed by atoms with Gasteiger partial charge in [-0.1, -0.05) is 49.9 Å². The highest BCUT2D eigenvalue weighted by molar-refractivity contribution is 8.14. The van der Waals surface area contributed by atoms with Gasteiger partial charge in [0.15, 0.2) is 11.0 Å². The normalized spacial score (nSPS) is 14.7. The van der Waals surface area contributed by atoms with Gasteiger partial charge < -0.3 is 19.7 Å². The topological polar surface area (TPSA) is 93.9 Å². The number of halogens is 3. The van der Waals surface area contributed by atoms with Crippen molar-refractivity contribution in [2.45, 2.75) is 45.5 Å². The first-order valence-corrected chi connectivity index (χ1v) is 15.2. The third-order valence-corrected chi connectivity index (χ3v) is 8.19. The molecule has 0 radical (unpaired) electrons. The number of benzene rings is 3. The molecule has 2 amide bonds. The van der Waals surface area contributed by atoms with E-state index < -0.39 is 17.9 Å². The Morgan fingerprint density at radius 2 is 1.71 bits per heavy atom. The lowest BCUT2D eigenvalue weighted by Crippen LogP contribution is -2.40. The SMILES string of the molecule is COc1ccc(N2CCSC2=NC(=O)NC(C)(C)c2ccc(-c3ncn(-c4ccc(OC(F)(F)F)cc4)n3)cc2)c(C(C)C)c1. The molecule has 1 aliphatic heterocycles. The maximum atomic E-state index is 13.2. The molecule has 1 fully saturated rings. The van der Waals surface area contributed by atoms with Crippen molar-refractivity contribution in [1.29, 1.82) is 0 Å². The monoisotopic (exact) mass is 638 g/mol. The predicted octanol–water partition coefficient (Wildman–Crippen LogP) is 7.52. The number of nitrogens with one attached hydrogen (secondary N) is 1. The van der Waals surface area contributed by atoms with Crippen LogP contribution in [0, 0.1) is 0 Å². The Bertz CT molecular complexity index is 1690. The first-order valence-electron chi connectivity index (χ1n) is 14.2. The van der Waals surface area contributed by atoms with Crippen molar-refractivity contribution < 1.29 is 27.4 Å². The number of nitrogens with zero attached hydrogens (tertiary/aromatic N) is 5. The molecule has 0 aliphatic carbocycles. The number of amidine groups is 1. The van der Waals surface area contributed by atoms with Crippen LogP contribution >= 0.6 is 11.8 Å². The summed E-state index contributed by atoms with van der Waals surface area (Å²) >= 11 is 1.55. The average Bonchev–Trinajstić information content (AvgIpc) is 3.66. The van der Waals surface area contributed by atoms with Crippen LogP contribution in [0.1, 0.15) is 44.7 Å². The van der Waals surface area contributed by atoms with Gasteiger partial charge in [0, 0.05) is 23.5 Å². The molecule has 1 N–H and O–H groups in total. The zero-order chi connectivity index (χ0) is 32.4. The van der Waals surface area contributed by atoms with E-state index in [2.05, 4.69) is 43.9 Å². The van der Waals surface area contributed by atoms with E-state index in [1.165, 1.54) is 35.3 Å². The van der Waals surface area contributed by atoms with E-state index in [4.69, 9.17) is 4.74 Å². The fraction of sp³-hybridized carbons (Fsp3) is 0.312. The summed E-state index contributed by atoms with van der Waals surface area (Å²) in [7, 11) is 1.65. The second-order valence-corrected chi connectivity index (χ2v) is 12.2. The lowest BCUT2D eigenvalue weighted by Gasteiger charge is -2.27. The fourth-order valence-corrected chi connectivity index (χ4v) is 5.85. The summed E-state index contributed by atoms with van der Waals surface area (Å²) in [6, 6.07) is 18.3. The van der Waals surface area contributed by atoms with Gasteiger partial charge in [-0.15, -0.1) is 18.3 Å². The Kier molecular flexibility index (Phi) is 9.10. The van der Waals surface area contributed by atoms with E-state index in [1.54, 1.807) is 18.9 Å². The van der Waals surface area contributed by atoms with Gasteiger partial charge >= 0.3 is 12.4 Å². The Hall–Kier alpha value is -4.52. The summed E-state index contributed by atoms with van der Waals surface area (Å²) in [4.78, 5) is 24.0. The number of hydrogen-bond acceptors (Lipinski definition) is 6. The maximum absolute atomic E-state index is 13.2. The zero-order valence-electron chi connectivity index (χ0n) is 25.4. The van der Waals surface area contributed by atoms with Crippen LogP contribution in [0.25, 0.3) is 17.1 Å². The molecule has 1 saturated heterocycles. The largest absolute Gasteiger partial charge is 0.573 e. The molecule has 0 spiro atoms. The number of carbonyl (C=O) groups excluding carboxylic acids is 1. The summed E-state index contributed by atoms with van der Waals surface area (Å²) < 4.78 is 48.1. The van der Waals surface area contributed by atoms with E-state index in [9.17, 15) is 18.0 Å². The van der Waals surface area contributed by atoms with Gasteiger partial charge in [-0.05, 0) is 73.4 Å². The number of urea groups is 1. The van der Waals surface area contributed by atoms with E-state index in [0.717, 1.165) is 40.4 Å². The molecule has 1 aliphatic rings. The van der Waals surface area contributed by atoms with Crippen LogP contribution in [0.15, 0.2) is 78.0 Å². The molecule has 0 bridgehead atoms. The second kappa shape index (κ2) is 12.8. The predicted molar refractivity (Wildman–Crippen MR) is 169 cm³/mol. The first-order chi connectivity index (χ1) is 21.3. The molecule has 0 atom stereocenters. The van der Waals surface area contributed by atoms with Crippen LogP contribution in [0.4, 0.5) is 23.7 Å². The average molecular weight is 639 g/mol. The van der Waals surface area contributed by atoms with Crippen molar-refractivity contribution >= 4 is 28.6 Å². The molecule has 2 heterocycles. The quantitative estimate of drug-likeness (QED) is 0.213. The van der Waals surface area contributed by atoms with Crippen LogP contribution in [0.3, 0.4) is 0 Å². The molecule has 3 aromatic carbocycles. The van der Waals surface area contributed by atoms with Crippen molar-refractivity contribution in [3.8, 4) is 28.6 Å². The lowest BCUT2D eigenvalue weighted by atomic mass is 9.93. The van der Waals surface area contributed by atoms with Gasteiger partial charge in [0.2, 0.25) is 0 Å². The summed E-state index contributed by atoms with van der Waals surface area (Å²) in [6.45, 7) is 8.80. The first kappa shape index (κ1) is 31.9. The fourth-order valence-electron chi connectivity index (χ4n) is 4.90. The number of amides is 2. The zero-order valence-corrected chi connectivity index (χ0v) is 26.2. The Labute approximate surface area is 263 Å². The molecule has 9 nitrogen and oxygen atoms in total. The van der Waals surface area contributed by atoms with Crippen LogP contribution in [-0.2, 0) is 5.54 Å². The van der Waals surface area contributed by atoms with Crippen molar-refractivity contribution in [2.75, 3.05) is 24.3 Å². The van der Waals surface area contributed by atoms with Gasteiger partial charge in [-0.25, -0.2) is 14.5 Å². The number of aromatic nitrogens is 3. The minimum absolute atomic E-state index is 0.259. The van der Waals surface area contributed by atoms with E-state index in [0.29, 0.717) is 16.7 Å². The molecule has 5 rings (SSSR count). The summed E-state index contributed by atoms with van der Waals surface area (Å²) in [5, 5.41) is 8.13. The molecular formula is C32H33F3N6O3S. The Balaban J connectivity index is 1.27. The Morgan fingerprint density at radius 3 is 2.36 bits per heavy atom. The number of rotatable bonds is 8. The minimum Gasteiger partial charge on any atom is -0.497 e. The number of methoxy groups -OCH3 is 1. The van der Waals surface area contributed by atoms with E-state index in [1.807, 2.05) is 56.3 Å². The van der Waals surface area contributed by atoms with Crippen molar-refractivity contribution in [1.82, 2.24) is 20.1 Å². The molecule has 0 saturated carbocycles. The number of carbonyl (C=O) groups is 1. The van der Waals surface area contributed by atoms with E-state index >= 15 is 0 Å². The third kappa shape index (κ3) is 7.59. The van der Waals surface area contributed by atoms with Crippen molar-refractivity contribution in [2.24, 2.45) is 4.99 Å². The summed E-state index contributed by atoms with van der Waals surface area (Å²) in [5.74, 6) is 1.98. The third-order valence-electron chi connectivity index (χ3n) is 7.23. The second-order valence-electron chi connectivity index (χ2n) is 11.2. The highest BCUT2D eigenvalue weighted by Crippen LogP contribution is 2.35. The number of hydrogen-bond donors (Lipinski definition) is 1. The number of anilines is 1. The van der Waals surface area contributed by atoms with Gasteiger partial charge in [0.05, 0.1) is 18.3 Å². The van der Waals surface area contributed by atoms with Gasteiger partial charge in [0.25, 0.3) is 0 Å². The smallest absolute Gasteiger partial charge is 0.497 e. The molecule has 236 valence electrons.